The predicted octanol–water partition coefficient (Wildman–Crippen LogP) is 2.74. The van der Waals surface area contributed by atoms with Crippen molar-refractivity contribution in [2.45, 2.75) is 31.8 Å². The molecule has 1 aromatic carbocycles. The fourth-order valence-corrected chi connectivity index (χ4v) is 4.84. The van der Waals surface area contributed by atoms with Crippen molar-refractivity contribution < 1.29 is 9.66 Å². The molecular weight excluding hydrogens is 268 g/mol. The van der Waals surface area contributed by atoms with Crippen molar-refractivity contribution >= 4 is 5.69 Å². The SMILES string of the molecule is COc1ccc([N+](=O)[O-])cc1CNC1C2C3CCC(C3)C12. The molecule has 1 N–H and O–H groups in total. The Morgan fingerprint density at radius 2 is 2.05 bits per heavy atom. The number of rotatable bonds is 5. The third-order valence-electron chi connectivity index (χ3n) is 5.74. The van der Waals surface area contributed by atoms with Crippen molar-refractivity contribution in [3.8, 4) is 5.75 Å². The molecule has 4 atom stereocenters. The Hall–Kier alpha value is -1.62. The molecule has 0 aliphatic heterocycles. The van der Waals surface area contributed by atoms with Crippen LogP contribution in [0.5, 0.6) is 5.75 Å². The van der Waals surface area contributed by atoms with E-state index in [0.29, 0.717) is 12.6 Å². The number of fused-ring (bicyclic) bond motifs is 5. The van der Waals surface area contributed by atoms with Crippen LogP contribution in [0, 0.1) is 33.8 Å². The number of nitrogens with zero attached hydrogens (tertiary/aromatic N) is 1. The van der Waals surface area contributed by atoms with E-state index in [1.165, 1.54) is 25.3 Å². The smallest absolute Gasteiger partial charge is 0.270 e. The Morgan fingerprint density at radius 1 is 1.33 bits per heavy atom. The molecule has 21 heavy (non-hydrogen) atoms. The van der Waals surface area contributed by atoms with Crippen LogP contribution < -0.4 is 10.1 Å². The average molecular weight is 288 g/mol. The first-order valence-corrected chi connectivity index (χ1v) is 7.73. The van der Waals surface area contributed by atoms with E-state index >= 15 is 0 Å². The molecule has 5 heteroatoms. The van der Waals surface area contributed by atoms with Crippen LogP contribution in [0.15, 0.2) is 18.2 Å². The summed E-state index contributed by atoms with van der Waals surface area (Å²) in [5.41, 5.74) is 1.01. The summed E-state index contributed by atoms with van der Waals surface area (Å²) in [5, 5.41) is 14.5. The van der Waals surface area contributed by atoms with E-state index in [9.17, 15) is 10.1 Å². The standard InChI is InChI=1S/C16H20N2O3/c1-21-13-5-4-12(18(19)20)7-11(13)8-17-16-14-9-2-3-10(6-9)15(14)16/h4-5,7,9-10,14-17H,2-3,6,8H2,1H3. The largest absolute Gasteiger partial charge is 0.496 e. The van der Waals surface area contributed by atoms with Gasteiger partial charge >= 0.3 is 0 Å². The van der Waals surface area contributed by atoms with Crippen LogP contribution in [0.2, 0.25) is 0 Å². The van der Waals surface area contributed by atoms with Gasteiger partial charge in [-0.3, -0.25) is 10.1 Å². The fourth-order valence-electron chi connectivity index (χ4n) is 4.84. The first-order chi connectivity index (χ1) is 10.2. The molecule has 3 saturated carbocycles. The first kappa shape index (κ1) is 13.1. The van der Waals surface area contributed by atoms with Gasteiger partial charge in [0.2, 0.25) is 0 Å². The van der Waals surface area contributed by atoms with E-state index in [-0.39, 0.29) is 10.6 Å². The Bertz CT molecular complexity index is 573. The zero-order chi connectivity index (χ0) is 14.6. The van der Waals surface area contributed by atoms with Crippen molar-refractivity contribution in [3.05, 3.63) is 33.9 Å². The number of hydrogen-bond donors (Lipinski definition) is 1. The maximum Gasteiger partial charge on any atom is 0.270 e. The summed E-state index contributed by atoms with van der Waals surface area (Å²) in [6.07, 6.45) is 4.25. The van der Waals surface area contributed by atoms with E-state index in [4.69, 9.17) is 4.74 Å². The van der Waals surface area contributed by atoms with E-state index in [2.05, 4.69) is 5.32 Å². The third kappa shape index (κ3) is 2.02. The van der Waals surface area contributed by atoms with Gasteiger partial charge in [0.1, 0.15) is 5.75 Å². The summed E-state index contributed by atoms with van der Waals surface area (Å²) >= 11 is 0. The lowest BCUT2D eigenvalue weighted by Crippen LogP contribution is -2.22. The van der Waals surface area contributed by atoms with Gasteiger partial charge in [0, 0.05) is 30.3 Å². The molecular formula is C16H20N2O3. The van der Waals surface area contributed by atoms with Crippen molar-refractivity contribution in [2.75, 3.05) is 7.11 Å². The van der Waals surface area contributed by atoms with E-state index in [1.807, 2.05) is 0 Å². The quantitative estimate of drug-likeness (QED) is 0.668. The maximum atomic E-state index is 10.9. The number of ether oxygens (including phenoxy) is 1. The number of nitro groups is 1. The van der Waals surface area contributed by atoms with Gasteiger partial charge in [0.25, 0.3) is 5.69 Å². The number of hydrogen-bond acceptors (Lipinski definition) is 4. The molecule has 2 bridgehead atoms. The van der Waals surface area contributed by atoms with E-state index in [1.54, 1.807) is 19.2 Å². The summed E-state index contributed by atoms with van der Waals surface area (Å²) in [6.45, 7) is 0.655. The molecule has 3 fully saturated rings. The topological polar surface area (TPSA) is 64.4 Å². The number of nitro benzene ring substituents is 1. The molecule has 1 aromatic rings. The third-order valence-corrected chi connectivity index (χ3v) is 5.74. The van der Waals surface area contributed by atoms with Gasteiger partial charge in [-0.15, -0.1) is 0 Å². The summed E-state index contributed by atoms with van der Waals surface area (Å²) in [4.78, 5) is 10.5. The molecule has 5 nitrogen and oxygen atoms in total. The van der Waals surface area contributed by atoms with Crippen molar-refractivity contribution in [2.24, 2.45) is 23.7 Å². The van der Waals surface area contributed by atoms with Crippen molar-refractivity contribution in [1.82, 2.24) is 5.32 Å². The van der Waals surface area contributed by atoms with Crippen LogP contribution in [0.25, 0.3) is 0 Å². The molecule has 0 aromatic heterocycles. The fraction of sp³-hybridized carbons (Fsp3) is 0.625. The Balaban J connectivity index is 1.45. The minimum absolute atomic E-state index is 0.128. The highest BCUT2D eigenvalue weighted by atomic mass is 16.6. The van der Waals surface area contributed by atoms with Crippen LogP contribution >= 0.6 is 0 Å². The predicted molar refractivity (Wildman–Crippen MR) is 78.1 cm³/mol. The second-order valence-electron chi connectivity index (χ2n) is 6.65. The van der Waals surface area contributed by atoms with Gasteiger partial charge in [-0.1, -0.05) is 0 Å². The average Bonchev–Trinajstić information content (AvgIpc) is 2.87. The Morgan fingerprint density at radius 3 is 2.67 bits per heavy atom. The van der Waals surface area contributed by atoms with Crippen LogP contribution in [-0.4, -0.2) is 18.1 Å². The van der Waals surface area contributed by atoms with Crippen molar-refractivity contribution in [3.63, 3.8) is 0 Å². The molecule has 0 saturated heterocycles. The normalized spacial score (nSPS) is 35.6. The number of non-ortho nitro benzene ring substituents is 1. The zero-order valence-electron chi connectivity index (χ0n) is 12.1. The van der Waals surface area contributed by atoms with E-state index in [0.717, 1.165) is 35.0 Å². The first-order valence-electron chi connectivity index (χ1n) is 7.73. The van der Waals surface area contributed by atoms with Gasteiger partial charge in [0.05, 0.1) is 12.0 Å². The summed E-state index contributed by atoms with van der Waals surface area (Å²) in [7, 11) is 1.61. The molecule has 4 unspecified atom stereocenters. The van der Waals surface area contributed by atoms with Gasteiger partial charge < -0.3 is 10.1 Å². The van der Waals surface area contributed by atoms with Crippen LogP contribution in [-0.2, 0) is 6.54 Å². The molecule has 0 heterocycles. The second kappa shape index (κ2) is 4.70. The highest BCUT2D eigenvalue weighted by Gasteiger charge is 2.64. The molecule has 0 radical (unpaired) electrons. The monoisotopic (exact) mass is 288 g/mol. The second-order valence-corrected chi connectivity index (χ2v) is 6.65. The molecule has 4 rings (SSSR count). The van der Waals surface area contributed by atoms with E-state index < -0.39 is 0 Å². The van der Waals surface area contributed by atoms with Crippen LogP contribution in [0.1, 0.15) is 24.8 Å². The Kier molecular flexibility index (Phi) is 2.92. The number of nitrogens with one attached hydrogen (secondary N) is 1. The summed E-state index contributed by atoms with van der Waals surface area (Å²) in [6, 6.07) is 5.43. The Labute approximate surface area is 123 Å². The van der Waals surface area contributed by atoms with Gasteiger partial charge in [-0.25, -0.2) is 0 Å². The van der Waals surface area contributed by atoms with Gasteiger partial charge in [-0.05, 0) is 49.0 Å². The van der Waals surface area contributed by atoms with Gasteiger partial charge in [0.15, 0.2) is 0 Å². The lowest BCUT2D eigenvalue weighted by Gasteiger charge is -2.12. The summed E-state index contributed by atoms with van der Waals surface area (Å²) in [5.74, 6) is 4.33. The van der Waals surface area contributed by atoms with Crippen LogP contribution in [0.3, 0.4) is 0 Å². The minimum atomic E-state index is -0.352. The zero-order valence-corrected chi connectivity index (χ0v) is 12.1. The maximum absolute atomic E-state index is 10.9. The number of benzene rings is 1. The highest BCUT2D eigenvalue weighted by Crippen LogP contribution is 2.65. The summed E-state index contributed by atoms with van der Waals surface area (Å²) < 4.78 is 5.32. The molecule has 0 spiro atoms. The lowest BCUT2D eigenvalue weighted by molar-refractivity contribution is -0.384. The molecule has 3 aliphatic rings. The van der Waals surface area contributed by atoms with Crippen LogP contribution in [0.4, 0.5) is 5.69 Å². The van der Waals surface area contributed by atoms with Crippen molar-refractivity contribution in [1.29, 1.82) is 0 Å². The van der Waals surface area contributed by atoms with Gasteiger partial charge in [-0.2, -0.15) is 0 Å². The number of methoxy groups -OCH3 is 1. The molecule has 0 amide bonds. The molecule has 112 valence electrons. The highest BCUT2D eigenvalue weighted by molar-refractivity contribution is 5.43. The minimum Gasteiger partial charge on any atom is -0.496 e. The molecule has 3 aliphatic carbocycles. The lowest BCUT2D eigenvalue weighted by atomic mass is 10.0.